The van der Waals surface area contributed by atoms with E-state index >= 15 is 0 Å². The topological polar surface area (TPSA) is 47.0 Å². The molecular formula is C11H15F4N3O. The summed E-state index contributed by atoms with van der Waals surface area (Å²) < 4.78 is 54.5. The summed E-state index contributed by atoms with van der Waals surface area (Å²) in [5.41, 5.74) is 0.468. The first-order valence-electron chi connectivity index (χ1n) is 5.61. The molecule has 0 radical (unpaired) electrons. The number of nitrogens with one attached hydrogen (secondary N) is 1. The fraction of sp³-hybridized carbons (Fsp3) is 0.636. The Labute approximate surface area is 108 Å². The monoisotopic (exact) mass is 281 g/mol. The number of ether oxygens (including phenoxy) is 1. The van der Waals surface area contributed by atoms with E-state index in [2.05, 4.69) is 15.3 Å². The van der Waals surface area contributed by atoms with Crippen molar-refractivity contribution in [2.75, 3.05) is 19.0 Å². The van der Waals surface area contributed by atoms with E-state index in [4.69, 9.17) is 4.74 Å². The van der Waals surface area contributed by atoms with Crippen LogP contribution in [0, 0.1) is 0 Å². The lowest BCUT2D eigenvalue weighted by molar-refractivity contribution is -0.148. The second kappa shape index (κ2) is 6.03. The summed E-state index contributed by atoms with van der Waals surface area (Å²) >= 11 is 0. The Kier molecular flexibility index (Phi) is 4.90. The Hall–Kier alpha value is -1.60. The van der Waals surface area contributed by atoms with Crippen molar-refractivity contribution in [1.82, 2.24) is 9.97 Å². The molecule has 0 aliphatic rings. The Morgan fingerprint density at radius 3 is 2.42 bits per heavy atom. The van der Waals surface area contributed by atoms with E-state index in [1.54, 1.807) is 20.9 Å². The van der Waals surface area contributed by atoms with Crippen molar-refractivity contribution in [3.8, 4) is 5.88 Å². The molecule has 0 unspecified atom stereocenters. The number of hydrogen-bond donors (Lipinski definition) is 1. The lowest BCUT2D eigenvalue weighted by Crippen LogP contribution is -2.34. The van der Waals surface area contributed by atoms with E-state index in [1.165, 1.54) is 0 Å². The molecule has 1 aromatic rings. The maximum absolute atomic E-state index is 12.8. The van der Waals surface area contributed by atoms with Crippen LogP contribution in [-0.4, -0.2) is 36.0 Å². The van der Waals surface area contributed by atoms with Crippen LogP contribution in [0.5, 0.6) is 5.88 Å². The van der Waals surface area contributed by atoms with Crippen LogP contribution in [0.25, 0.3) is 0 Å². The maximum atomic E-state index is 12.8. The molecule has 0 fully saturated rings. The molecule has 1 rings (SSSR count). The Morgan fingerprint density at radius 1 is 1.32 bits per heavy atom. The molecule has 0 aliphatic carbocycles. The quantitative estimate of drug-likeness (QED) is 0.814. The first-order chi connectivity index (χ1) is 8.79. The summed E-state index contributed by atoms with van der Waals surface area (Å²) in [5.74, 6) is -4.02. The third kappa shape index (κ3) is 3.68. The second-order valence-electron chi connectivity index (χ2n) is 4.20. The third-order valence-electron chi connectivity index (χ3n) is 2.38. The van der Waals surface area contributed by atoms with E-state index in [9.17, 15) is 17.6 Å². The van der Waals surface area contributed by atoms with Crippen molar-refractivity contribution < 1.29 is 22.3 Å². The summed E-state index contributed by atoms with van der Waals surface area (Å²) in [6.45, 7) is 2.15. The highest BCUT2D eigenvalue weighted by Gasteiger charge is 2.42. The number of aromatic nitrogens is 2. The summed E-state index contributed by atoms with van der Waals surface area (Å²) in [7, 11) is 1.60. The molecule has 108 valence electrons. The van der Waals surface area contributed by atoms with Gasteiger partial charge >= 0.3 is 12.3 Å². The highest BCUT2D eigenvalue weighted by molar-refractivity contribution is 5.50. The van der Waals surface area contributed by atoms with Gasteiger partial charge in [-0.2, -0.15) is 8.78 Å². The van der Waals surface area contributed by atoms with Crippen molar-refractivity contribution in [2.45, 2.75) is 32.1 Å². The van der Waals surface area contributed by atoms with Crippen molar-refractivity contribution in [1.29, 1.82) is 0 Å². The fourth-order valence-electron chi connectivity index (χ4n) is 1.44. The molecule has 1 heterocycles. The van der Waals surface area contributed by atoms with E-state index in [-0.39, 0.29) is 11.8 Å². The number of anilines is 1. The minimum atomic E-state index is -4.21. The van der Waals surface area contributed by atoms with Gasteiger partial charge in [-0.05, 0) is 5.92 Å². The zero-order chi connectivity index (χ0) is 14.6. The number of hydrogen-bond acceptors (Lipinski definition) is 4. The van der Waals surface area contributed by atoms with Gasteiger partial charge in [0, 0.05) is 7.05 Å². The van der Waals surface area contributed by atoms with Gasteiger partial charge in [0.1, 0.15) is 12.1 Å². The van der Waals surface area contributed by atoms with Crippen LogP contribution in [0.4, 0.5) is 23.4 Å². The summed E-state index contributed by atoms with van der Waals surface area (Å²) in [6, 6.07) is 0. The van der Waals surface area contributed by atoms with E-state index in [1.807, 2.05) is 0 Å². The van der Waals surface area contributed by atoms with Crippen LogP contribution in [0.15, 0.2) is 6.33 Å². The summed E-state index contributed by atoms with van der Waals surface area (Å²) in [4.78, 5) is 7.64. The molecule has 1 aromatic heterocycles. The van der Waals surface area contributed by atoms with Crippen LogP contribution >= 0.6 is 0 Å². The van der Waals surface area contributed by atoms with Gasteiger partial charge in [-0.15, -0.1) is 0 Å². The van der Waals surface area contributed by atoms with Crippen LogP contribution in [-0.2, 0) is 0 Å². The molecule has 0 saturated heterocycles. The van der Waals surface area contributed by atoms with Crippen LogP contribution in [0.3, 0.4) is 0 Å². The predicted octanol–water partition coefficient (Wildman–Crippen LogP) is 2.92. The lowest BCUT2D eigenvalue weighted by Gasteiger charge is -2.19. The van der Waals surface area contributed by atoms with Crippen molar-refractivity contribution in [3.63, 3.8) is 0 Å². The van der Waals surface area contributed by atoms with E-state index in [0.29, 0.717) is 11.4 Å². The van der Waals surface area contributed by atoms with Crippen molar-refractivity contribution in [3.05, 3.63) is 11.9 Å². The van der Waals surface area contributed by atoms with Gasteiger partial charge in [0.15, 0.2) is 6.61 Å². The van der Waals surface area contributed by atoms with Gasteiger partial charge in [-0.1, -0.05) is 13.8 Å². The molecule has 0 atom stereocenters. The molecule has 19 heavy (non-hydrogen) atoms. The molecule has 0 aliphatic heterocycles. The molecule has 0 bridgehead atoms. The van der Waals surface area contributed by atoms with E-state index in [0.717, 1.165) is 6.33 Å². The second-order valence-corrected chi connectivity index (χ2v) is 4.20. The molecule has 0 saturated carbocycles. The fourth-order valence-corrected chi connectivity index (χ4v) is 1.44. The molecule has 4 nitrogen and oxygen atoms in total. The largest absolute Gasteiger partial charge is 0.471 e. The molecule has 0 amide bonds. The van der Waals surface area contributed by atoms with Crippen LogP contribution < -0.4 is 10.1 Å². The SMILES string of the molecule is CNc1ncnc(OCC(F)(F)C(F)F)c1C(C)C. The van der Waals surface area contributed by atoms with E-state index < -0.39 is 19.0 Å². The Bertz CT molecular complexity index is 426. The average molecular weight is 281 g/mol. The molecule has 8 heteroatoms. The van der Waals surface area contributed by atoms with Crippen LogP contribution in [0.2, 0.25) is 0 Å². The van der Waals surface area contributed by atoms with Gasteiger partial charge in [-0.25, -0.2) is 18.7 Å². The first-order valence-corrected chi connectivity index (χ1v) is 5.61. The molecule has 0 aromatic carbocycles. The van der Waals surface area contributed by atoms with Gasteiger partial charge in [0.2, 0.25) is 5.88 Å². The number of alkyl halides is 4. The van der Waals surface area contributed by atoms with Crippen LogP contribution in [0.1, 0.15) is 25.3 Å². The zero-order valence-electron chi connectivity index (χ0n) is 10.8. The van der Waals surface area contributed by atoms with Gasteiger partial charge in [0.05, 0.1) is 5.56 Å². The predicted molar refractivity (Wildman–Crippen MR) is 62.1 cm³/mol. The van der Waals surface area contributed by atoms with Crippen molar-refractivity contribution >= 4 is 5.82 Å². The van der Waals surface area contributed by atoms with Gasteiger partial charge < -0.3 is 10.1 Å². The van der Waals surface area contributed by atoms with Crippen molar-refractivity contribution in [2.24, 2.45) is 0 Å². The normalized spacial score (nSPS) is 12.1. The summed E-state index contributed by atoms with van der Waals surface area (Å²) in [5, 5.41) is 2.77. The smallest absolute Gasteiger partial charge is 0.340 e. The third-order valence-corrected chi connectivity index (χ3v) is 2.38. The standard InChI is InChI=1S/C11H15F4N3O/c1-6(2)7-8(16-3)17-5-18-9(7)19-4-11(14,15)10(12)13/h5-6,10H,4H2,1-3H3,(H,16,17,18). The average Bonchev–Trinajstić information content (AvgIpc) is 2.35. The molecule has 1 N–H and O–H groups in total. The zero-order valence-corrected chi connectivity index (χ0v) is 10.8. The maximum Gasteiger partial charge on any atom is 0.340 e. The Morgan fingerprint density at radius 2 is 1.95 bits per heavy atom. The first kappa shape index (κ1) is 15.5. The minimum Gasteiger partial charge on any atom is -0.471 e. The lowest BCUT2D eigenvalue weighted by atomic mass is 10.1. The number of nitrogens with zero attached hydrogens (tertiary/aromatic N) is 2. The highest BCUT2D eigenvalue weighted by atomic mass is 19.3. The summed E-state index contributed by atoms with van der Waals surface area (Å²) in [6.07, 6.45) is -2.66. The Balaban J connectivity index is 2.96. The van der Waals surface area contributed by atoms with Gasteiger partial charge in [0.25, 0.3) is 0 Å². The van der Waals surface area contributed by atoms with Gasteiger partial charge in [-0.3, -0.25) is 0 Å². The number of halogens is 4. The molecule has 0 spiro atoms. The molecular weight excluding hydrogens is 266 g/mol. The minimum absolute atomic E-state index is 0.112. The number of rotatable bonds is 6. The highest BCUT2D eigenvalue weighted by Crippen LogP contribution is 2.31.